The summed E-state index contributed by atoms with van der Waals surface area (Å²) in [6.45, 7) is 2.52. The van der Waals surface area contributed by atoms with Gasteiger partial charge >= 0.3 is 0 Å². The van der Waals surface area contributed by atoms with Crippen LogP contribution < -0.4 is 15.0 Å². The number of methoxy groups -OCH3 is 1. The highest BCUT2D eigenvalue weighted by Crippen LogP contribution is 2.30. The Morgan fingerprint density at radius 3 is 2.59 bits per heavy atom. The highest BCUT2D eigenvalue weighted by Gasteiger charge is 2.25. The Balaban J connectivity index is 1.33. The number of fused-ring (bicyclic) bond motifs is 2. The molecule has 6 heteroatoms. The zero-order chi connectivity index (χ0) is 22.2. The zero-order valence-electron chi connectivity index (χ0n) is 17.8. The van der Waals surface area contributed by atoms with Crippen LogP contribution in [0.25, 0.3) is 11.0 Å². The molecular weight excluding hydrogens is 404 g/mol. The number of furan rings is 1. The Morgan fingerprint density at radius 1 is 1.03 bits per heavy atom. The number of hydrogen-bond donors (Lipinski definition) is 1. The van der Waals surface area contributed by atoms with E-state index in [0.717, 1.165) is 23.1 Å². The molecular formula is C26H22N2O4. The van der Waals surface area contributed by atoms with Crippen molar-refractivity contribution >= 4 is 34.2 Å². The monoisotopic (exact) mass is 426 g/mol. The van der Waals surface area contributed by atoms with E-state index in [1.54, 1.807) is 48.4 Å². The van der Waals surface area contributed by atoms with Gasteiger partial charge in [0.1, 0.15) is 11.3 Å². The van der Waals surface area contributed by atoms with Gasteiger partial charge in [-0.1, -0.05) is 18.2 Å². The molecule has 0 spiro atoms. The molecule has 0 unspecified atom stereocenters. The molecule has 0 aliphatic carbocycles. The Morgan fingerprint density at radius 2 is 1.81 bits per heavy atom. The van der Waals surface area contributed by atoms with Crippen LogP contribution in [0.4, 0.5) is 11.4 Å². The molecule has 160 valence electrons. The van der Waals surface area contributed by atoms with Crippen LogP contribution in [0.2, 0.25) is 0 Å². The average molecular weight is 426 g/mol. The van der Waals surface area contributed by atoms with Crippen molar-refractivity contribution in [2.45, 2.75) is 13.3 Å². The minimum Gasteiger partial charge on any atom is -0.497 e. The first-order valence-electron chi connectivity index (χ1n) is 10.4. The smallest absolute Gasteiger partial charge is 0.291 e. The highest BCUT2D eigenvalue weighted by molar-refractivity contribution is 6.09. The number of rotatable bonds is 4. The maximum Gasteiger partial charge on any atom is 0.291 e. The fourth-order valence-corrected chi connectivity index (χ4v) is 4.13. The molecule has 1 aliphatic heterocycles. The molecule has 1 N–H and O–H groups in total. The van der Waals surface area contributed by atoms with Gasteiger partial charge in [0.2, 0.25) is 0 Å². The molecule has 2 amide bonds. The number of hydrogen-bond acceptors (Lipinski definition) is 4. The number of aryl methyl sites for hydroxylation is 1. The molecule has 4 aromatic rings. The second kappa shape index (κ2) is 7.89. The van der Waals surface area contributed by atoms with E-state index in [1.165, 1.54) is 5.56 Å². The third kappa shape index (κ3) is 3.39. The van der Waals surface area contributed by atoms with Crippen molar-refractivity contribution in [2.24, 2.45) is 0 Å². The summed E-state index contributed by atoms with van der Waals surface area (Å²) in [5.41, 5.74) is 4.68. The quantitative estimate of drug-likeness (QED) is 0.487. The van der Waals surface area contributed by atoms with Gasteiger partial charge in [-0.25, -0.2) is 0 Å². The summed E-state index contributed by atoms with van der Waals surface area (Å²) in [4.78, 5) is 27.6. The molecule has 1 aromatic heterocycles. The summed E-state index contributed by atoms with van der Waals surface area (Å²) < 4.78 is 11.0. The molecule has 3 aromatic carbocycles. The fraction of sp³-hybridized carbons (Fsp3) is 0.154. The zero-order valence-corrected chi connectivity index (χ0v) is 17.8. The van der Waals surface area contributed by atoms with Crippen molar-refractivity contribution in [2.75, 3.05) is 23.9 Å². The Hall–Kier alpha value is -4.06. The second-order valence-electron chi connectivity index (χ2n) is 7.79. The normalized spacial score (nSPS) is 12.6. The number of anilines is 2. The summed E-state index contributed by atoms with van der Waals surface area (Å²) >= 11 is 0. The third-order valence-electron chi connectivity index (χ3n) is 5.87. The van der Waals surface area contributed by atoms with Crippen molar-refractivity contribution in [1.82, 2.24) is 0 Å². The van der Waals surface area contributed by atoms with Crippen LogP contribution >= 0.6 is 0 Å². The second-order valence-corrected chi connectivity index (χ2v) is 7.79. The van der Waals surface area contributed by atoms with Crippen LogP contribution in [0.1, 0.15) is 32.0 Å². The molecule has 2 heterocycles. The van der Waals surface area contributed by atoms with E-state index >= 15 is 0 Å². The number of benzene rings is 3. The number of para-hydroxylation sites is 1. The van der Waals surface area contributed by atoms with Gasteiger partial charge in [-0.05, 0) is 67.4 Å². The number of carbonyl (C=O) groups is 2. The first-order valence-corrected chi connectivity index (χ1v) is 10.4. The van der Waals surface area contributed by atoms with Crippen LogP contribution in [0.15, 0.2) is 71.1 Å². The maximum absolute atomic E-state index is 13.0. The first kappa shape index (κ1) is 19.9. The topological polar surface area (TPSA) is 71.8 Å². The van der Waals surface area contributed by atoms with Crippen molar-refractivity contribution < 1.29 is 18.7 Å². The lowest BCUT2D eigenvalue weighted by Crippen LogP contribution is -2.28. The van der Waals surface area contributed by atoms with Gasteiger partial charge in [-0.3, -0.25) is 9.59 Å². The van der Waals surface area contributed by atoms with E-state index in [4.69, 9.17) is 9.15 Å². The molecule has 0 radical (unpaired) electrons. The number of ether oxygens (including phenoxy) is 1. The maximum atomic E-state index is 13.0. The Labute approximate surface area is 185 Å². The van der Waals surface area contributed by atoms with E-state index in [0.29, 0.717) is 29.1 Å². The summed E-state index contributed by atoms with van der Waals surface area (Å²) in [5.74, 6) is 0.566. The Bertz CT molecular complexity index is 1340. The van der Waals surface area contributed by atoms with Gasteiger partial charge in [0, 0.05) is 34.4 Å². The molecule has 0 saturated carbocycles. The van der Waals surface area contributed by atoms with Crippen LogP contribution in [-0.4, -0.2) is 25.5 Å². The van der Waals surface area contributed by atoms with E-state index in [9.17, 15) is 9.59 Å². The van der Waals surface area contributed by atoms with Gasteiger partial charge in [0.15, 0.2) is 5.76 Å². The van der Waals surface area contributed by atoms with Crippen molar-refractivity contribution in [3.8, 4) is 5.75 Å². The van der Waals surface area contributed by atoms with Crippen LogP contribution in [0.5, 0.6) is 5.75 Å². The summed E-state index contributed by atoms with van der Waals surface area (Å²) in [5, 5.41) is 3.69. The van der Waals surface area contributed by atoms with Gasteiger partial charge in [0.05, 0.1) is 7.11 Å². The third-order valence-corrected chi connectivity index (χ3v) is 5.87. The van der Waals surface area contributed by atoms with E-state index < -0.39 is 0 Å². The van der Waals surface area contributed by atoms with Crippen molar-refractivity contribution in [1.29, 1.82) is 0 Å². The van der Waals surface area contributed by atoms with E-state index in [1.807, 2.05) is 31.2 Å². The van der Waals surface area contributed by atoms with Gasteiger partial charge in [0.25, 0.3) is 11.8 Å². The number of carbonyl (C=O) groups excluding carboxylic acids is 2. The predicted molar refractivity (Wildman–Crippen MR) is 124 cm³/mol. The molecule has 6 nitrogen and oxygen atoms in total. The van der Waals surface area contributed by atoms with Crippen molar-refractivity contribution in [3.63, 3.8) is 0 Å². The van der Waals surface area contributed by atoms with Crippen molar-refractivity contribution in [3.05, 3.63) is 89.2 Å². The SMILES string of the molecule is COc1ccc2oc(C(=O)Nc3ccc(C(=O)N4CCc5ccccc54)cc3)c(C)c2c1. The average Bonchev–Trinajstić information content (AvgIpc) is 3.40. The minimum atomic E-state index is -0.342. The predicted octanol–water partition coefficient (Wildman–Crippen LogP) is 5.21. The lowest BCUT2D eigenvalue weighted by molar-refractivity contribution is 0.0986. The number of nitrogens with zero attached hydrogens (tertiary/aromatic N) is 1. The highest BCUT2D eigenvalue weighted by atomic mass is 16.5. The van der Waals surface area contributed by atoms with Gasteiger partial charge in [-0.15, -0.1) is 0 Å². The molecule has 1 aliphatic rings. The van der Waals surface area contributed by atoms with E-state index in [2.05, 4.69) is 11.4 Å². The lowest BCUT2D eigenvalue weighted by Gasteiger charge is -2.17. The number of nitrogens with one attached hydrogen (secondary N) is 1. The minimum absolute atomic E-state index is 0.0464. The molecule has 0 bridgehead atoms. The van der Waals surface area contributed by atoms with Crippen LogP contribution in [0, 0.1) is 6.92 Å². The standard InChI is InChI=1S/C26H22N2O4/c1-16-21-15-20(31-2)11-12-23(21)32-24(16)25(29)27-19-9-7-18(8-10-19)26(30)28-14-13-17-5-3-4-6-22(17)28/h3-12,15H,13-14H2,1-2H3,(H,27,29). The molecule has 32 heavy (non-hydrogen) atoms. The summed E-state index contributed by atoms with van der Waals surface area (Å²) in [7, 11) is 1.60. The lowest BCUT2D eigenvalue weighted by atomic mass is 10.1. The number of amides is 2. The first-order chi connectivity index (χ1) is 15.5. The van der Waals surface area contributed by atoms with Gasteiger partial charge < -0.3 is 19.4 Å². The van der Waals surface area contributed by atoms with Crippen LogP contribution in [0.3, 0.4) is 0 Å². The summed E-state index contributed by atoms with van der Waals surface area (Å²) in [6.07, 6.45) is 0.860. The molecule has 0 atom stereocenters. The molecule has 0 saturated heterocycles. The molecule has 5 rings (SSSR count). The Kier molecular flexibility index (Phi) is 4.90. The largest absolute Gasteiger partial charge is 0.497 e. The molecule has 0 fully saturated rings. The summed E-state index contributed by atoms with van der Waals surface area (Å²) in [6, 6.07) is 20.3. The van der Waals surface area contributed by atoms with Crippen LogP contribution in [-0.2, 0) is 6.42 Å². The van der Waals surface area contributed by atoms with E-state index in [-0.39, 0.29) is 17.6 Å². The van der Waals surface area contributed by atoms with Gasteiger partial charge in [-0.2, -0.15) is 0 Å². The fourth-order valence-electron chi connectivity index (χ4n) is 4.13.